The maximum Gasteiger partial charge on any atom is 0.164 e. The maximum atomic E-state index is 6.62. The van der Waals surface area contributed by atoms with Gasteiger partial charge in [0.05, 0.1) is 11.4 Å². The number of fused-ring (bicyclic) bond motifs is 5. The molecule has 0 atom stereocenters. The Balaban J connectivity index is 1.02. The van der Waals surface area contributed by atoms with Gasteiger partial charge in [0, 0.05) is 33.2 Å². The zero-order valence-corrected chi connectivity index (χ0v) is 30.6. The molecule has 6 nitrogen and oxygen atoms in total. The molecule has 8 aromatic carbocycles. The topological polar surface area (TPSA) is 64.3 Å². The molecule has 3 heterocycles. The van der Waals surface area contributed by atoms with Crippen LogP contribution in [-0.2, 0) is 0 Å². The van der Waals surface area contributed by atoms with E-state index in [1.165, 1.54) is 11.1 Å². The van der Waals surface area contributed by atoms with Gasteiger partial charge in [-0.15, -0.1) is 0 Å². The maximum absolute atomic E-state index is 6.62. The number of benzene rings is 8. The summed E-state index contributed by atoms with van der Waals surface area (Å²) in [6.07, 6.45) is 0. The lowest BCUT2D eigenvalue weighted by Crippen LogP contribution is -2.15. The van der Waals surface area contributed by atoms with Crippen LogP contribution in [0.25, 0.3) is 78.4 Å². The molecule has 0 unspecified atom stereocenters. The van der Waals surface area contributed by atoms with Crippen LogP contribution in [0.15, 0.2) is 199 Å². The van der Waals surface area contributed by atoms with Gasteiger partial charge in [-0.3, -0.25) is 0 Å². The van der Waals surface area contributed by atoms with E-state index in [2.05, 4.69) is 95.9 Å². The van der Waals surface area contributed by atoms with E-state index < -0.39 is 0 Å². The highest BCUT2D eigenvalue weighted by Crippen LogP contribution is 2.51. The fourth-order valence-electron chi connectivity index (χ4n) is 7.77. The highest BCUT2D eigenvalue weighted by atomic mass is 16.5. The van der Waals surface area contributed by atoms with Crippen molar-refractivity contribution in [1.82, 2.24) is 15.0 Å². The molecule has 57 heavy (non-hydrogen) atoms. The number of para-hydroxylation sites is 2. The van der Waals surface area contributed by atoms with Crippen LogP contribution in [0.4, 0.5) is 17.1 Å². The lowest BCUT2D eigenvalue weighted by molar-refractivity contribution is 0.477. The molecule has 0 fully saturated rings. The van der Waals surface area contributed by atoms with E-state index in [1.54, 1.807) is 0 Å². The molecule has 0 saturated heterocycles. The minimum atomic E-state index is 0.583. The number of rotatable bonds is 6. The Morgan fingerprint density at radius 1 is 0.368 bits per heavy atom. The Hall–Kier alpha value is -7.83. The van der Waals surface area contributed by atoms with E-state index in [0.717, 1.165) is 78.3 Å². The van der Waals surface area contributed by atoms with Crippen LogP contribution in [0.5, 0.6) is 11.5 Å². The van der Waals surface area contributed by atoms with Crippen molar-refractivity contribution in [2.75, 3.05) is 4.90 Å². The van der Waals surface area contributed by atoms with Gasteiger partial charge in [-0.1, -0.05) is 140 Å². The number of nitrogens with zero attached hydrogens (tertiary/aromatic N) is 4. The largest absolute Gasteiger partial charge is 0.456 e. The van der Waals surface area contributed by atoms with Gasteiger partial charge in [0.1, 0.15) is 11.2 Å². The number of furan rings is 1. The van der Waals surface area contributed by atoms with Crippen LogP contribution in [0.3, 0.4) is 0 Å². The predicted octanol–water partition coefficient (Wildman–Crippen LogP) is 13.7. The monoisotopic (exact) mass is 732 g/mol. The lowest BCUT2D eigenvalue weighted by Gasteiger charge is -2.33. The molecule has 0 aliphatic carbocycles. The molecule has 0 amide bonds. The van der Waals surface area contributed by atoms with Gasteiger partial charge < -0.3 is 14.1 Å². The van der Waals surface area contributed by atoms with Crippen molar-refractivity contribution in [2.24, 2.45) is 0 Å². The predicted molar refractivity (Wildman–Crippen MR) is 229 cm³/mol. The summed E-state index contributed by atoms with van der Waals surface area (Å²) >= 11 is 0. The summed E-state index contributed by atoms with van der Waals surface area (Å²) in [5.74, 6) is 3.39. The van der Waals surface area contributed by atoms with Gasteiger partial charge >= 0.3 is 0 Å². The normalized spacial score (nSPS) is 12.0. The van der Waals surface area contributed by atoms with Crippen LogP contribution in [0, 0.1) is 0 Å². The highest BCUT2D eigenvalue weighted by molar-refractivity contribution is 6.13. The van der Waals surface area contributed by atoms with Gasteiger partial charge in [-0.05, 0) is 76.9 Å². The minimum absolute atomic E-state index is 0.583. The first-order chi connectivity index (χ1) is 28.2. The molecular formula is C51H32N4O2. The average Bonchev–Trinajstić information content (AvgIpc) is 3.67. The number of hydrogen-bond donors (Lipinski definition) is 0. The molecule has 268 valence electrons. The van der Waals surface area contributed by atoms with E-state index in [0.29, 0.717) is 17.5 Å². The van der Waals surface area contributed by atoms with Crippen molar-refractivity contribution in [3.05, 3.63) is 194 Å². The van der Waals surface area contributed by atoms with Crippen LogP contribution in [-0.4, -0.2) is 15.0 Å². The summed E-state index contributed by atoms with van der Waals surface area (Å²) in [6, 6.07) is 66.3. The lowest BCUT2D eigenvalue weighted by atomic mass is 9.99. The van der Waals surface area contributed by atoms with Crippen LogP contribution < -0.4 is 9.64 Å². The third kappa shape index (κ3) is 5.79. The van der Waals surface area contributed by atoms with E-state index >= 15 is 0 Å². The quantitative estimate of drug-likeness (QED) is 0.170. The van der Waals surface area contributed by atoms with Crippen molar-refractivity contribution in [2.45, 2.75) is 0 Å². The summed E-state index contributed by atoms with van der Waals surface area (Å²) in [4.78, 5) is 17.3. The molecule has 6 heteroatoms. The smallest absolute Gasteiger partial charge is 0.164 e. The molecule has 2 aromatic heterocycles. The second-order valence-corrected chi connectivity index (χ2v) is 14.0. The molecular weight excluding hydrogens is 701 g/mol. The Morgan fingerprint density at radius 3 is 1.65 bits per heavy atom. The summed E-state index contributed by atoms with van der Waals surface area (Å²) in [5, 5.41) is 1.93. The Bertz CT molecular complexity index is 3030. The SMILES string of the molecule is c1ccc(-c2ccc(N3c4ccccc4Oc4cc(-c5ccc6oc7cccc(-c8nc(-c9ccccc9)nc(-c9ccccc9)n8)c7c6c5)ccc43)cc2)cc1. The van der Waals surface area contributed by atoms with Crippen molar-refractivity contribution in [3.63, 3.8) is 0 Å². The second kappa shape index (κ2) is 13.5. The summed E-state index contributed by atoms with van der Waals surface area (Å²) < 4.78 is 13.1. The van der Waals surface area contributed by atoms with Crippen LogP contribution >= 0.6 is 0 Å². The third-order valence-electron chi connectivity index (χ3n) is 10.5. The zero-order valence-electron chi connectivity index (χ0n) is 30.6. The van der Waals surface area contributed by atoms with Crippen molar-refractivity contribution < 1.29 is 9.15 Å². The molecule has 0 saturated carbocycles. The molecule has 0 radical (unpaired) electrons. The van der Waals surface area contributed by atoms with Crippen molar-refractivity contribution in [1.29, 1.82) is 0 Å². The molecule has 1 aliphatic heterocycles. The average molecular weight is 733 g/mol. The fourth-order valence-corrected chi connectivity index (χ4v) is 7.77. The Labute approximate surface area is 329 Å². The first-order valence-corrected chi connectivity index (χ1v) is 18.9. The van der Waals surface area contributed by atoms with Crippen molar-refractivity contribution >= 4 is 39.0 Å². The number of aromatic nitrogens is 3. The van der Waals surface area contributed by atoms with Crippen LogP contribution in [0.1, 0.15) is 0 Å². The number of hydrogen-bond acceptors (Lipinski definition) is 6. The van der Waals surface area contributed by atoms with Crippen LogP contribution in [0.2, 0.25) is 0 Å². The van der Waals surface area contributed by atoms with E-state index in [-0.39, 0.29) is 0 Å². The highest BCUT2D eigenvalue weighted by Gasteiger charge is 2.26. The van der Waals surface area contributed by atoms with E-state index in [1.807, 2.05) is 103 Å². The first-order valence-electron chi connectivity index (χ1n) is 18.9. The zero-order chi connectivity index (χ0) is 37.7. The summed E-state index contributed by atoms with van der Waals surface area (Å²) in [7, 11) is 0. The second-order valence-electron chi connectivity index (χ2n) is 14.0. The minimum Gasteiger partial charge on any atom is -0.456 e. The molecule has 0 N–H and O–H groups in total. The van der Waals surface area contributed by atoms with Gasteiger partial charge in [0.25, 0.3) is 0 Å². The molecule has 1 aliphatic rings. The van der Waals surface area contributed by atoms with Crippen molar-refractivity contribution in [3.8, 4) is 67.9 Å². The molecule has 0 spiro atoms. The van der Waals surface area contributed by atoms with Gasteiger partial charge in [0.2, 0.25) is 0 Å². The summed E-state index contributed by atoms with van der Waals surface area (Å²) in [5.41, 5.74) is 11.7. The first kappa shape index (κ1) is 32.6. The molecule has 0 bridgehead atoms. The van der Waals surface area contributed by atoms with Gasteiger partial charge in [-0.25, -0.2) is 15.0 Å². The standard InChI is InChI=1S/C51H32N4O2/c1-4-13-33(14-5-1)34-23-27-39(28-24-34)55-42-20-10-11-21-45(42)57-47-32-38(25-29-43(47)55)37-26-30-44-41(31-37)48-40(19-12-22-46(48)56-44)51-53-49(35-15-6-2-7-16-35)52-50(54-51)36-17-8-3-9-18-36/h1-32H. The Morgan fingerprint density at radius 2 is 0.930 bits per heavy atom. The fraction of sp³-hybridized carbons (Fsp3) is 0. The van der Waals surface area contributed by atoms with Gasteiger partial charge in [0.15, 0.2) is 29.0 Å². The van der Waals surface area contributed by atoms with Gasteiger partial charge in [-0.2, -0.15) is 0 Å². The molecule has 11 rings (SSSR count). The molecule has 10 aromatic rings. The number of anilines is 3. The Kier molecular flexibility index (Phi) is 7.71. The number of ether oxygens (including phenoxy) is 1. The third-order valence-corrected chi connectivity index (χ3v) is 10.5. The summed E-state index contributed by atoms with van der Waals surface area (Å²) in [6.45, 7) is 0. The van der Waals surface area contributed by atoms with E-state index in [9.17, 15) is 0 Å². The van der Waals surface area contributed by atoms with E-state index in [4.69, 9.17) is 24.1 Å².